The van der Waals surface area contributed by atoms with Crippen molar-refractivity contribution in [2.75, 3.05) is 6.54 Å². The fraction of sp³-hybridized carbons (Fsp3) is 0.400. The zero-order chi connectivity index (χ0) is 16.8. The normalized spacial score (nSPS) is 13.6. The fourth-order valence-corrected chi connectivity index (χ4v) is 3.20. The van der Waals surface area contributed by atoms with E-state index in [0.29, 0.717) is 25.3 Å². The second-order valence-electron chi connectivity index (χ2n) is 6.33. The summed E-state index contributed by atoms with van der Waals surface area (Å²) in [6.45, 7) is 1.21. The molecule has 0 unspecified atom stereocenters. The number of aryl methyl sites for hydroxylation is 1. The molecule has 3 rings (SSSR count). The molecule has 0 saturated heterocycles. The van der Waals surface area contributed by atoms with Gasteiger partial charge in [0, 0.05) is 13.0 Å². The third-order valence-electron chi connectivity index (χ3n) is 4.57. The number of hydrogen-bond acceptors (Lipinski definition) is 3. The number of nitrogens with zero attached hydrogens (tertiary/aromatic N) is 1. The van der Waals surface area contributed by atoms with Crippen molar-refractivity contribution in [2.45, 2.75) is 45.1 Å². The first kappa shape index (κ1) is 16.5. The zero-order valence-corrected chi connectivity index (χ0v) is 13.9. The van der Waals surface area contributed by atoms with Crippen molar-refractivity contribution >= 4 is 12.2 Å². The van der Waals surface area contributed by atoms with E-state index in [9.17, 15) is 9.59 Å². The Bertz CT molecular complexity index is 690. The molecular formula is C20H23NO3. The van der Waals surface area contributed by atoms with Crippen molar-refractivity contribution in [1.82, 2.24) is 4.90 Å². The van der Waals surface area contributed by atoms with Crippen LogP contribution in [-0.2, 0) is 24.2 Å². The largest absolute Gasteiger partial charge is 0.456 e. The summed E-state index contributed by atoms with van der Waals surface area (Å²) in [5.74, 6) is 1.31. The maximum Gasteiger partial charge on any atom is 0.222 e. The predicted molar refractivity (Wildman–Crippen MR) is 91.8 cm³/mol. The van der Waals surface area contributed by atoms with Crippen molar-refractivity contribution in [3.05, 3.63) is 59.0 Å². The molecule has 0 N–H and O–H groups in total. The van der Waals surface area contributed by atoms with Crippen LogP contribution in [-0.4, -0.2) is 23.6 Å². The molecular weight excluding hydrogens is 302 g/mol. The molecule has 1 aliphatic rings. The van der Waals surface area contributed by atoms with Crippen LogP contribution in [0, 0.1) is 0 Å². The molecule has 1 aliphatic heterocycles. The molecule has 2 aromatic rings. The summed E-state index contributed by atoms with van der Waals surface area (Å²) in [5, 5.41) is 0. The molecule has 126 valence electrons. The average molecular weight is 325 g/mol. The molecule has 1 aromatic carbocycles. The van der Waals surface area contributed by atoms with Crippen molar-refractivity contribution in [1.29, 1.82) is 0 Å². The fourth-order valence-electron chi connectivity index (χ4n) is 3.20. The van der Waals surface area contributed by atoms with Gasteiger partial charge in [-0.3, -0.25) is 9.59 Å². The first-order valence-corrected chi connectivity index (χ1v) is 8.65. The highest BCUT2D eigenvalue weighted by Gasteiger charge is 2.23. The minimum absolute atomic E-state index is 0.185. The number of aldehydes is 1. The Morgan fingerprint density at radius 1 is 1.17 bits per heavy atom. The minimum atomic E-state index is 0.185. The van der Waals surface area contributed by atoms with Crippen LogP contribution in [0.5, 0.6) is 0 Å². The van der Waals surface area contributed by atoms with Gasteiger partial charge < -0.3 is 9.32 Å². The summed E-state index contributed by atoms with van der Waals surface area (Å²) in [6.07, 6.45) is 6.25. The summed E-state index contributed by atoms with van der Waals surface area (Å²) in [4.78, 5) is 24.9. The van der Waals surface area contributed by atoms with E-state index in [1.165, 1.54) is 5.56 Å². The average Bonchev–Trinajstić information content (AvgIpc) is 3.04. The van der Waals surface area contributed by atoms with Gasteiger partial charge in [-0.05, 0) is 42.9 Å². The van der Waals surface area contributed by atoms with Crippen LogP contribution >= 0.6 is 0 Å². The first-order valence-electron chi connectivity index (χ1n) is 8.65. The molecule has 0 atom stereocenters. The molecule has 0 fully saturated rings. The summed E-state index contributed by atoms with van der Waals surface area (Å²) < 4.78 is 5.47. The summed E-state index contributed by atoms with van der Waals surface area (Å²) in [7, 11) is 0. The number of amides is 1. The number of carbonyl (C=O) groups is 2. The molecule has 0 radical (unpaired) electrons. The van der Waals surface area contributed by atoms with Crippen molar-refractivity contribution in [2.24, 2.45) is 0 Å². The molecule has 24 heavy (non-hydrogen) atoms. The van der Waals surface area contributed by atoms with Crippen LogP contribution in [0.3, 0.4) is 0 Å². The summed E-state index contributed by atoms with van der Waals surface area (Å²) in [5.41, 5.74) is 2.42. The number of fused-ring (bicyclic) bond motifs is 1. The van der Waals surface area contributed by atoms with Gasteiger partial charge in [0.1, 0.15) is 5.76 Å². The second kappa shape index (κ2) is 7.95. The molecule has 4 nitrogen and oxygen atoms in total. The monoisotopic (exact) mass is 325 g/mol. The van der Waals surface area contributed by atoms with Gasteiger partial charge in [-0.2, -0.15) is 0 Å². The Morgan fingerprint density at radius 2 is 2.00 bits per heavy atom. The summed E-state index contributed by atoms with van der Waals surface area (Å²) >= 11 is 0. The second-order valence-corrected chi connectivity index (χ2v) is 6.33. The lowest BCUT2D eigenvalue weighted by Crippen LogP contribution is -2.35. The topological polar surface area (TPSA) is 50.5 Å². The molecule has 0 aliphatic carbocycles. The number of furan rings is 1. The van der Waals surface area contributed by atoms with E-state index in [0.717, 1.165) is 49.7 Å². The molecule has 1 amide bonds. The number of benzene rings is 1. The molecule has 4 heteroatoms. The first-order chi connectivity index (χ1) is 11.8. The minimum Gasteiger partial charge on any atom is -0.456 e. The highest BCUT2D eigenvalue weighted by Crippen LogP contribution is 2.23. The Balaban J connectivity index is 1.39. The van der Waals surface area contributed by atoms with Crippen molar-refractivity contribution in [3.63, 3.8) is 0 Å². The highest BCUT2D eigenvalue weighted by molar-refractivity contribution is 5.76. The standard InChI is InChI=1S/C20H23NO3/c22-15-18-13-17-11-12-21(14-19(17)24-18)20(23)10-6-2-5-9-16-7-3-1-4-8-16/h1,3-4,7-8,13,15H,2,5-6,9-12,14H2. The van der Waals surface area contributed by atoms with E-state index in [1.807, 2.05) is 11.0 Å². The lowest BCUT2D eigenvalue weighted by Gasteiger charge is -2.26. The SMILES string of the molecule is O=Cc1cc2c(o1)CN(C(=O)CCCCCc1ccccc1)CC2. The molecule has 2 heterocycles. The lowest BCUT2D eigenvalue weighted by molar-refractivity contribution is -0.132. The Morgan fingerprint density at radius 3 is 2.79 bits per heavy atom. The van der Waals surface area contributed by atoms with E-state index in [2.05, 4.69) is 24.3 Å². The summed E-state index contributed by atoms with van der Waals surface area (Å²) in [6, 6.07) is 12.2. The van der Waals surface area contributed by atoms with E-state index >= 15 is 0 Å². The van der Waals surface area contributed by atoms with Crippen molar-refractivity contribution < 1.29 is 14.0 Å². The van der Waals surface area contributed by atoms with E-state index < -0.39 is 0 Å². The predicted octanol–water partition coefficient (Wildman–Crippen LogP) is 3.78. The van der Waals surface area contributed by atoms with Gasteiger partial charge >= 0.3 is 0 Å². The van der Waals surface area contributed by atoms with Crippen LogP contribution < -0.4 is 0 Å². The van der Waals surface area contributed by atoms with Gasteiger partial charge in [0.2, 0.25) is 5.91 Å². The maximum absolute atomic E-state index is 12.3. The number of rotatable bonds is 7. The van der Waals surface area contributed by atoms with E-state index in [1.54, 1.807) is 6.07 Å². The van der Waals surface area contributed by atoms with Gasteiger partial charge in [0.05, 0.1) is 6.54 Å². The molecule has 1 aromatic heterocycles. The Hall–Kier alpha value is -2.36. The van der Waals surface area contributed by atoms with Crippen LogP contribution in [0.4, 0.5) is 0 Å². The quantitative estimate of drug-likeness (QED) is 0.575. The molecule has 0 saturated carbocycles. The van der Waals surface area contributed by atoms with Gasteiger partial charge in [-0.15, -0.1) is 0 Å². The smallest absolute Gasteiger partial charge is 0.222 e. The van der Waals surface area contributed by atoms with Crippen LogP contribution in [0.15, 0.2) is 40.8 Å². The van der Waals surface area contributed by atoms with E-state index in [-0.39, 0.29) is 5.91 Å². The number of carbonyl (C=O) groups excluding carboxylic acids is 2. The third kappa shape index (κ3) is 4.13. The molecule has 0 bridgehead atoms. The third-order valence-corrected chi connectivity index (χ3v) is 4.57. The number of unbranched alkanes of at least 4 members (excludes halogenated alkanes) is 2. The van der Waals surface area contributed by atoms with Gasteiger partial charge in [-0.25, -0.2) is 0 Å². The maximum atomic E-state index is 12.3. The lowest BCUT2D eigenvalue weighted by atomic mass is 10.0. The Labute approximate surface area is 142 Å². The Kier molecular flexibility index (Phi) is 5.47. The van der Waals surface area contributed by atoms with Gasteiger partial charge in [0.25, 0.3) is 0 Å². The highest BCUT2D eigenvalue weighted by atomic mass is 16.3. The van der Waals surface area contributed by atoms with E-state index in [4.69, 9.17) is 4.42 Å². The van der Waals surface area contributed by atoms with Gasteiger partial charge in [0.15, 0.2) is 12.0 Å². The van der Waals surface area contributed by atoms with Crippen LogP contribution in [0.2, 0.25) is 0 Å². The van der Waals surface area contributed by atoms with Gasteiger partial charge in [-0.1, -0.05) is 36.8 Å². The van der Waals surface area contributed by atoms with Crippen LogP contribution in [0.1, 0.15) is 53.1 Å². The molecule has 0 spiro atoms. The zero-order valence-electron chi connectivity index (χ0n) is 13.9. The van der Waals surface area contributed by atoms with Crippen molar-refractivity contribution in [3.8, 4) is 0 Å². The number of hydrogen-bond donors (Lipinski definition) is 0. The van der Waals surface area contributed by atoms with Crippen LogP contribution in [0.25, 0.3) is 0 Å².